The lowest BCUT2D eigenvalue weighted by Gasteiger charge is -2.11. The Hall–Kier alpha value is -1.56. The van der Waals surface area contributed by atoms with Gasteiger partial charge in [-0.25, -0.2) is 0 Å². The van der Waals surface area contributed by atoms with Crippen LogP contribution >= 0.6 is 11.3 Å². The summed E-state index contributed by atoms with van der Waals surface area (Å²) in [5, 5.41) is 8.65. The van der Waals surface area contributed by atoms with Crippen LogP contribution in [0.1, 0.15) is 37.0 Å². The Kier molecular flexibility index (Phi) is 9.28. The van der Waals surface area contributed by atoms with E-state index in [0.717, 1.165) is 44.7 Å². The van der Waals surface area contributed by atoms with Crippen LogP contribution in [0.25, 0.3) is 0 Å². The van der Waals surface area contributed by atoms with Gasteiger partial charge < -0.3 is 15.4 Å². The van der Waals surface area contributed by atoms with Gasteiger partial charge in [0.25, 0.3) is 0 Å². The number of rotatable bonds is 9. The number of guanidine groups is 1. The fraction of sp³-hybridized carbons (Fsp3) is 0.600. The molecule has 0 unspecified atom stereocenters. The van der Waals surface area contributed by atoms with Crippen molar-refractivity contribution in [2.24, 2.45) is 4.99 Å². The van der Waals surface area contributed by atoms with Gasteiger partial charge in [-0.2, -0.15) is 0 Å². The second-order valence-corrected chi connectivity index (χ2v) is 5.70. The average molecular weight is 311 g/mol. The zero-order valence-electron chi connectivity index (χ0n) is 12.9. The number of esters is 1. The summed E-state index contributed by atoms with van der Waals surface area (Å²) in [7, 11) is 3.21. The highest BCUT2D eigenvalue weighted by Crippen LogP contribution is 2.07. The number of nitrogens with one attached hydrogen (secondary N) is 2. The molecule has 0 fully saturated rings. The van der Waals surface area contributed by atoms with Crippen LogP contribution in [-0.2, 0) is 16.1 Å². The van der Waals surface area contributed by atoms with Crippen molar-refractivity contribution in [2.45, 2.75) is 38.6 Å². The van der Waals surface area contributed by atoms with E-state index in [2.05, 4.69) is 31.8 Å². The summed E-state index contributed by atoms with van der Waals surface area (Å²) in [6.07, 6.45) is 4.65. The molecular formula is C15H25N3O2S. The number of aliphatic imine (C=N–C) groups is 1. The van der Waals surface area contributed by atoms with Crippen LogP contribution in [0.15, 0.2) is 22.5 Å². The van der Waals surface area contributed by atoms with Crippen LogP contribution in [0.3, 0.4) is 0 Å². The van der Waals surface area contributed by atoms with E-state index in [9.17, 15) is 4.79 Å². The van der Waals surface area contributed by atoms with Gasteiger partial charge in [-0.15, -0.1) is 11.3 Å². The highest BCUT2D eigenvalue weighted by Gasteiger charge is 2.00. The molecule has 0 saturated carbocycles. The Bertz CT molecular complexity index is 419. The summed E-state index contributed by atoms with van der Waals surface area (Å²) in [6, 6.07) is 4.15. The molecule has 0 radical (unpaired) electrons. The van der Waals surface area contributed by atoms with E-state index in [0.29, 0.717) is 6.42 Å². The molecule has 2 N–H and O–H groups in total. The monoisotopic (exact) mass is 311 g/mol. The Morgan fingerprint density at radius 1 is 1.29 bits per heavy atom. The van der Waals surface area contributed by atoms with E-state index in [1.54, 1.807) is 18.4 Å². The van der Waals surface area contributed by atoms with Crippen LogP contribution < -0.4 is 10.6 Å². The topological polar surface area (TPSA) is 62.7 Å². The van der Waals surface area contributed by atoms with Crippen LogP contribution in [0.4, 0.5) is 0 Å². The minimum atomic E-state index is -0.119. The van der Waals surface area contributed by atoms with Crippen molar-refractivity contribution in [3.8, 4) is 0 Å². The van der Waals surface area contributed by atoms with Gasteiger partial charge >= 0.3 is 5.97 Å². The number of carbonyl (C=O) groups is 1. The molecule has 0 atom stereocenters. The third-order valence-corrected chi connectivity index (χ3v) is 3.94. The van der Waals surface area contributed by atoms with Gasteiger partial charge in [0.15, 0.2) is 5.96 Å². The number of thiophene rings is 1. The fourth-order valence-electron chi connectivity index (χ4n) is 1.86. The van der Waals surface area contributed by atoms with Crippen molar-refractivity contribution >= 4 is 23.3 Å². The van der Waals surface area contributed by atoms with Gasteiger partial charge in [0.1, 0.15) is 0 Å². The second-order valence-electron chi connectivity index (χ2n) is 4.67. The molecule has 0 spiro atoms. The van der Waals surface area contributed by atoms with E-state index in [4.69, 9.17) is 0 Å². The summed E-state index contributed by atoms with van der Waals surface area (Å²) < 4.78 is 4.61. The number of unbranched alkanes of at least 4 members (excludes halogenated alkanes) is 3. The van der Waals surface area contributed by atoms with Gasteiger partial charge in [-0.3, -0.25) is 9.79 Å². The van der Waals surface area contributed by atoms with Gasteiger partial charge in [-0.05, 0) is 24.3 Å². The zero-order chi connectivity index (χ0) is 15.3. The number of hydrogen-bond acceptors (Lipinski definition) is 4. The van der Waals surface area contributed by atoms with Gasteiger partial charge in [0.05, 0.1) is 13.7 Å². The Labute approximate surface area is 130 Å². The molecule has 0 aromatic carbocycles. The van der Waals surface area contributed by atoms with Crippen molar-refractivity contribution in [2.75, 3.05) is 20.7 Å². The van der Waals surface area contributed by atoms with Gasteiger partial charge in [0, 0.05) is 24.9 Å². The molecule has 1 aromatic heterocycles. The molecule has 1 rings (SSSR count). The third kappa shape index (κ3) is 8.34. The summed E-state index contributed by atoms with van der Waals surface area (Å²) in [4.78, 5) is 16.4. The van der Waals surface area contributed by atoms with E-state index in [-0.39, 0.29) is 5.97 Å². The van der Waals surface area contributed by atoms with Crippen molar-refractivity contribution < 1.29 is 9.53 Å². The summed E-state index contributed by atoms with van der Waals surface area (Å²) in [6.45, 7) is 1.69. The van der Waals surface area contributed by atoms with Crippen molar-refractivity contribution in [1.82, 2.24) is 10.6 Å². The highest BCUT2D eigenvalue weighted by atomic mass is 32.1. The molecule has 1 aromatic rings. The lowest BCUT2D eigenvalue weighted by atomic mass is 10.1. The molecule has 21 heavy (non-hydrogen) atoms. The first-order chi connectivity index (χ1) is 10.3. The molecular weight excluding hydrogens is 286 g/mol. The molecule has 0 saturated heterocycles. The summed E-state index contributed by atoms with van der Waals surface area (Å²) >= 11 is 1.73. The molecule has 5 nitrogen and oxygen atoms in total. The first kappa shape index (κ1) is 17.5. The predicted octanol–water partition coefficient (Wildman–Crippen LogP) is 2.54. The molecule has 0 aliphatic carbocycles. The largest absolute Gasteiger partial charge is 0.469 e. The molecule has 0 aliphatic rings. The minimum Gasteiger partial charge on any atom is -0.469 e. The van der Waals surface area contributed by atoms with E-state index >= 15 is 0 Å². The maximum Gasteiger partial charge on any atom is 0.305 e. The van der Waals surface area contributed by atoms with Crippen molar-refractivity contribution in [3.63, 3.8) is 0 Å². The average Bonchev–Trinajstić information content (AvgIpc) is 3.02. The van der Waals surface area contributed by atoms with Crippen LogP contribution in [0.5, 0.6) is 0 Å². The van der Waals surface area contributed by atoms with E-state index in [1.807, 2.05) is 6.07 Å². The molecule has 0 aliphatic heterocycles. The van der Waals surface area contributed by atoms with Crippen LogP contribution in [-0.4, -0.2) is 32.6 Å². The van der Waals surface area contributed by atoms with Crippen molar-refractivity contribution in [3.05, 3.63) is 22.4 Å². The second kappa shape index (κ2) is 11.1. The standard InChI is InChI=1S/C15H25N3O2S/c1-16-15(18-12-13-8-7-11-21-13)17-10-6-4-3-5-9-14(19)20-2/h7-8,11H,3-6,9-10,12H2,1-2H3,(H2,16,17,18). The predicted molar refractivity (Wildman–Crippen MR) is 87.6 cm³/mol. The SMILES string of the molecule is CN=C(NCCCCCCC(=O)OC)NCc1cccs1. The summed E-state index contributed by atoms with van der Waals surface area (Å²) in [5.74, 6) is 0.712. The molecule has 6 heteroatoms. The van der Waals surface area contributed by atoms with Crippen LogP contribution in [0, 0.1) is 0 Å². The molecule has 1 heterocycles. The zero-order valence-corrected chi connectivity index (χ0v) is 13.7. The summed E-state index contributed by atoms with van der Waals surface area (Å²) in [5.41, 5.74) is 0. The van der Waals surface area contributed by atoms with Crippen LogP contribution in [0.2, 0.25) is 0 Å². The van der Waals surface area contributed by atoms with E-state index < -0.39 is 0 Å². The number of ether oxygens (including phenoxy) is 1. The highest BCUT2D eigenvalue weighted by molar-refractivity contribution is 7.09. The quantitative estimate of drug-likeness (QED) is 0.318. The number of hydrogen-bond donors (Lipinski definition) is 2. The molecule has 0 bridgehead atoms. The maximum atomic E-state index is 10.9. The smallest absolute Gasteiger partial charge is 0.305 e. The first-order valence-electron chi connectivity index (χ1n) is 7.30. The number of methoxy groups -OCH3 is 1. The normalized spacial score (nSPS) is 11.2. The Balaban J connectivity index is 2.01. The minimum absolute atomic E-state index is 0.119. The van der Waals surface area contributed by atoms with E-state index in [1.165, 1.54) is 12.0 Å². The first-order valence-corrected chi connectivity index (χ1v) is 8.18. The van der Waals surface area contributed by atoms with Gasteiger partial charge in [-0.1, -0.05) is 18.9 Å². The Morgan fingerprint density at radius 3 is 2.76 bits per heavy atom. The van der Waals surface area contributed by atoms with Gasteiger partial charge in [0.2, 0.25) is 0 Å². The van der Waals surface area contributed by atoms with Crippen molar-refractivity contribution in [1.29, 1.82) is 0 Å². The fourth-order valence-corrected chi connectivity index (χ4v) is 2.51. The lowest BCUT2D eigenvalue weighted by Crippen LogP contribution is -2.37. The Morgan fingerprint density at radius 2 is 2.10 bits per heavy atom. The maximum absolute atomic E-state index is 10.9. The molecule has 0 amide bonds. The molecule has 118 valence electrons. The lowest BCUT2D eigenvalue weighted by molar-refractivity contribution is -0.140. The number of nitrogens with zero attached hydrogens (tertiary/aromatic N) is 1. The third-order valence-electron chi connectivity index (χ3n) is 3.06. The number of carbonyl (C=O) groups excluding carboxylic acids is 1.